The van der Waals surface area contributed by atoms with Gasteiger partial charge in [-0.1, -0.05) is 115 Å². The van der Waals surface area contributed by atoms with Crippen molar-refractivity contribution in [2.24, 2.45) is 0 Å². The van der Waals surface area contributed by atoms with Crippen molar-refractivity contribution in [1.82, 2.24) is 23.7 Å². The molecule has 2 aliphatic rings. The summed E-state index contributed by atoms with van der Waals surface area (Å²) in [6.45, 7) is 0. The zero-order chi connectivity index (χ0) is 47.9. The normalized spacial score (nSPS) is 14.5. The van der Waals surface area contributed by atoms with Crippen molar-refractivity contribution in [2.75, 3.05) is 0 Å². The summed E-state index contributed by atoms with van der Waals surface area (Å²) in [5.74, 6) is 1.59. The van der Waals surface area contributed by atoms with Crippen LogP contribution in [-0.4, -0.2) is 23.7 Å². The van der Waals surface area contributed by atoms with Gasteiger partial charge in [-0.05, 0) is 120 Å². The molecule has 1 spiro atoms. The molecule has 1 atom stereocenters. The van der Waals surface area contributed by atoms with E-state index in [0.29, 0.717) is 5.56 Å². The van der Waals surface area contributed by atoms with E-state index in [1.165, 1.54) is 21.5 Å². The molecule has 7 heteroatoms. The fourth-order valence-corrected chi connectivity index (χ4v) is 12.6. The molecule has 73 heavy (non-hydrogen) atoms. The minimum atomic E-state index is -0.815. The Balaban J connectivity index is 0.903. The Bertz CT molecular complexity index is 4650. The van der Waals surface area contributed by atoms with Gasteiger partial charge >= 0.3 is 0 Å². The number of hydrogen-bond acceptors (Lipinski definition) is 4. The monoisotopic (exact) mass is 930 g/mol. The second-order valence-electron chi connectivity index (χ2n) is 19.2. The second kappa shape index (κ2) is 14.8. The van der Waals surface area contributed by atoms with Crippen molar-refractivity contribution in [3.63, 3.8) is 0 Å². The van der Waals surface area contributed by atoms with Crippen molar-refractivity contribution in [1.29, 1.82) is 5.26 Å². The van der Waals surface area contributed by atoms with Gasteiger partial charge in [0.05, 0.1) is 73.4 Å². The van der Waals surface area contributed by atoms with E-state index in [1.54, 1.807) is 0 Å². The molecule has 14 aromatic rings. The van der Waals surface area contributed by atoms with E-state index < -0.39 is 5.41 Å². The van der Waals surface area contributed by atoms with Crippen molar-refractivity contribution in [3.05, 3.63) is 259 Å². The number of fused-ring (bicyclic) bond motifs is 18. The van der Waals surface area contributed by atoms with Crippen molar-refractivity contribution in [2.45, 2.75) is 5.41 Å². The van der Waals surface area contributed by atoms with Gasteiger partial charge < -0.3 is 18.4 Å². The summed E-state index contributed by atoms with van der Waals surface area (Å²) in [5.41, 5.74) is 17.5. The van der Waals surface area contributed by atoms with Gasteiger partial charge in [0.2, 0.25) is 0 Å². The van der Waals surface area contributed by atoms with Gasteiger partial charge in [0.25, 0.3) is 0 Å². The van der Waals surface area contributed by atoms with Crippen LogP contribution in [0.15, 0.2) is 231 Å². The molecule has 7 nitrogen and oxygen atoms in total. The maximum absolute atomic E-state index is 10.2. The first kappa shape index (κ1) is 39.8. The minimum Gasteiger partial charge on any atom is -0.457 e. The van der Waals surface area contributed by atoms with E-state index in [1.807, 2.05) is 36.7 Å². The summed E-state index contributed by atoms with van der Waals surface area (Å²) in [7, 11) is 0. The van der Waals surface area contributed by atoms with Crippen molar-refractivity contribution < 1.29 is 4.74 Å². The van der Waals surface area contributed by atoms with Crippen molar-refractivity contribution >= 4 is 65.4 Å². The van der Waals surface area contributed by atoms with Crippen LogP contribution in [0.3, 0.4) is 0 Å². The van der Waals surface area contributed by atoms with E-state index in [9.17, 15) is 5.26 Å². The predicted octanol–water partition coefficient (Wildman–Crippen LogP) is 15.8. The third-order valence-corrected chi connectivity index (χ3v) is 15.6. The Morgan fingerprint density at radius 2 is 0.890 bits per heavy atom. The number of aromatic nitrogens is 5. The molecule has 16 rings (SSSR count). The zero-order valence-corrected chi connectivity index (χ0v) is 39.0. The molecule has 0 N–H and O–H groups in total. The number of nitriles is 1. The SMILES string of the molecule is N#Cc1ccc2c(c1)c1cc(-c3ccc4c(c3)C3(c5ccccc5O4)c4cccnc4-c4ncc(-n5c6ccccc6c6ccccc65)cc43)ccc1n2-c1cccc(-n2c3ccccc3c3ccccc32)c1. The number of hydrogen-bond donors (Lipinski definition) is 0. The topological polar surface area (TPSA) is 73.6 Å². The Morgan fingerprint density at radius 1 is 0.370 bits per heavy atom. The van der Waals surface area contributed by atoms with E-state index in [4.69, 9.17) is 14.7 Å². The third-order valence-electron chi connectivity index (χ3n) is 15.6. The molecule has 0 saturated heterocycles. The van der Waals surface area contributed by atoms with Gasteiger partial charge in [0.1, 0.15) is 11.5 Å². The van der Waals surface area contributed by atoms with Crippen LogP contribution in [-0.2, 0) is 5.41 Å². The second-order valence-corrected chi connectivity index (χ2v) is 19.2. The van der Waals surface area contributed by atoms with Crippen LogP contribution in [0.1, 0.15) is 27.8 Å². The molecule has 338 valence electrons. The molecule has 0 radical (unpaired) electrons. The zero-order valence-electron chi connectivity index (χ0n) is 39.0. The summed E-state index contributed by atoms with van der Waals surface area (Å²) in [4.78, 5) is 10.4. The molecule has 5 aromatic heterocycles. The maximum Gasteiger partial charge on any atom is 0.132 e. The maximum atomic E-state index is 10.2. The first-order valence-corrected chi connectivity index (χ1v) is 24.6. The van der Waals surface area contributed by atoms with Gasteiger partial charge in [-0.2, -0.15) is 5.26 Å². The predicted molar refractivity (Wildman–Crippen MR) is 293 cm³/mol. The molecular formula is C66H38N6O. The van der Waals surface area contributed by atoms with Crippen LogP contribution in [0.2, 0.25) is 0 Å². The quantitative estimate of drug-likeness (QED) is 0.176. The summed E-state index contributed by atoms with van der Waals surface area (Å²) in [6, 6.07) is 80.1. The smallest absolute Gasteiger partial charge is 0.132 e. The molecule has 1 aliphatic heterocycles. The number of pyridine rings is 2. The highest BCUT2D eigenvalue weighted by molar-refractivity contribution is 6.12. The lowest BCUT2D eigenvalue weighted by atomic mass is 9.66. The Kier molecular flexibility index (Phi) is 8.04. The molecule has 0 fully saturated rings. The van der Waals surface area contributed by atoms with E-state index in [2.05, 4.69) is 214 Å². The number of para-hydroxylation sites is 5. The molecule has 1 aliphatic carbocycles. The summed E-state index contributed by atoms with van der Waals surface area (Å²) in [6.07, 6.45) is 3.87. The van der Waals surface area contributed by atoms with Crippen LogP contribution in [0, 0.1) is 11.3 Å². The number of nitrogens with zero attached hydrogens (tertiary/aromatic N) is 6. The van der Waals surface area contributed by atoms with E-state index >= 15 is 0 Å². The highest BCUT2D eigenvalue weighted by atomic mass is 16.5. The average Bonchev–Trinajstić information content (AvgIpc) is 4.17. The average molecular weight is 931 g/mol. The largest absolute Gasteiger partial charge is 0.457 e. The van der Waals surface area contributed by atoms with Crippen LogP contribution in [0.25, 0.3) is 105 Å². The third kappa shape index (κ3) is 5.36. The number of rotatable bonds is 4. The Morgan fingerprint density at radius 3 is 1.56 bits per heavy atom. The van der Waals surface area contributed by atoms with Gasteiger partial charge in [-0.3, -0.25) is 9.97 Å². The summed E-state index contributed by atoms with van der Waals surface area (Å²) < 4.78 is 13.9. The number of benzene rings is 9. The van der Waals surface area contributed by atoms with E-state index in [0.717, 1.165) is 117 Å². The van der Waals surface area contributed by atoms with Gasteiger partial charge in [-0.15, -0.1) is 0 Å². The standard InChI is InChI=1S/C66H38N6O/c67-38-40-26-29-60-50(33-40)51-34-41(27-30-61(51)71(60)44-14-11-13-43(36-44)70-56-21-6-1-15-46(56)47-16-2-7-22-57(47)70)42-28-31-63-54(35-42)66(52-19-5-10-25-62(52)73-63)53-20-12-32-68-64(53)65-55(66)37-45(39-69-65)72-58-23-8-3-17-48(58)49-18-4-9-24-59(49)72/h1-37,39H. The fourth-order valence-electron chi connectivity index (χ4n) is 12.6. The Labute approximate surface area is 418 Å². The molecule has 1 unspecified atom stereocenters. The lowest BCUT2D eigenvalue weighted by Gasteiger charge is -2.39. The highest BCUT2D eigenvalue weighted by Gasteiger charge is 2.52. The van der Waals surface area contributed by atoms with Crippen LogP contribution in [0.4, 0.5) is 0 Å². The molecule has 6 heterocycles. The highest BCUT2D eigenvalue weighted by Crippen LogP contribution is 2.62. The van der Waals surface area contributed by atoms with E-state index in [-0.39, 0.29) is 0 Å². The lowest BCUT2D eigenvalue weighted by Crippen LogP contribution is -2.32. The Hall–Kier alpha value is -10.0. The molecule has 0 bridgehead atoms. The first-order valence-electron chi connectivity index (χ1n) is 24.6. The minimum absolute atomic E-state index is 0.614. The van der Waals surface area contributed by atoms with Gasteiger partial charge in [-0.25, -0.2) is 0 Å². The van der Waals surface area contributed by atoms with Crippen LogP contribution in [0.5, 0.6) is 11.5 Å². The molecule has 9 aromatic carbocycles. The van der Waals surface area contributed by atoms with Gasteiger partial charge in [0, 0.05) is 66.6 Å². The summed E-state index contributed by atoms with van der Waals surface area (Å²) in [5, 5.41) is 17.2. The molecule has 0 amide bonds. The fraction of sp³-hybridized carbons (Fsp3) is 0.0152. The number of ether oxygens (including phenoxy) is 1. The van der Waals surface area contributed by atoms with Crippen LogP contribution >= 0.6 is 0 Å². The van der Waals surface area contributed by atoms with Gasteiger partial charge in [0.15, 0.2) is 0 Å². The first-order chi connectivity index (χ1) is 36.2. The summed E-state index contributed by atoms with van der Waals surface area (Å²) >= 11 is 0. The van der Waals surface area contributed by atoms with Crippen LogP contribution < -0.4 is 4.74 Å². The molecular weight excluding hydrogens is 893 g/mol. The molecule has 0 saturated carbocycles. The van der Waals surface area contributed by atoms with Crippen molar-refractivity contribution in [3.8, 4) is 57.1 Å². The lowest BCUT2D eigenvalue weighted by molar-refractivity contribution is 0.436.